The minimum Gasteiger partial charge on any atom is -0.492 e. The fourth-order valence-electron chi connectivity index (χ4n) is 2.09. The molecule has 2 rings (SSSR count). The lowest BCUT2D eigenvalue weighted by atomic mass is 9.95. The molecule has 2 unspecified atom stereocenters. The second-order valence-electron chi connectivity index (χ2n) is 4.62. The van der Waals surface area contributed by atoms with Crippen LogP contribution in [0, 0.1) is 5.92 Å². The minimum absolute atomic E-state index is 0.0214. The summed E-state index contributed by atoms with van der Waals surface area (Å²) in [5.74, 6) is 0.668. The Labute approximate surface area is 107 Å². The predicted octanol–water partition coefficient (Wildman–Crippen LogP) is 1.12. The van der Waals surface area contributed by atoms with E-state index in [2.05, 4.69) is 5.32 Å². The van der Waals surface area contributed by atoms with Crippen molar-refractivity contribution in [3.05, 3.63) is 29.8 Å². The van der Waals surface area contributed by atoms with Gasteiger partial charge >= 0.3 is 0 Å². The van der Waals surface area contributed by atoms with E-state index in [9.17, 15) is 4.79 Å². The Bertz CT molecular complexity index is 415. The van der Waals surface area contributed by atoms with Crippen molar-refractivity contribution >= 4 is 5.91 Å². The van der Waals surface area contributed by atoms with E-state index in [0.717, 1.165) is 17.7 Å². The van der Waals surface area contributed by atoms with Crippen LogP contribution < -0.4 is 10.1 Å². The number of carbonyl (C=O) groups is 1. The molecule has 0 radical (unpaired) electrons. The number of para-hydroxylation sites is 1. The average molecular weight is 249 g/mol. The molecular weight excluding hydrogens is 230 g/mol. The summed E-state index contributed by atoms with van der Waals surface area (Å²) < 4.78 is 5.58. The van der Waals surface area contributed by atoms with Crippen molar-refractivity contribution in [3.63, 3.8) is 0 Å². The fraction of sp³-hybridized carbons (Fsp3) is 0.500. The van der Waals surface area contributed by atoms with Crippen LogP contribution in [0.5, 0.6) is 5.75 Å². The number of amides is 1. The van der Waals surface area contributed by atoms with Gasteiger partial charge in [-0.15, -0.1) is 0 Å². The summed E-state index contributed by atoms with van der Waals surface area (Å²) in [5, 5.41) is 11.9. The number of fused-ring (bicyclic) bond motifs is 1. The van der Waals surface area contributed by atoms with E-state index in [1.54, 1.807) is 0 Å². The molecule has 0 fully saturated rings. The first-order valence-electron chi connectivity index (χ1n) is 6.36. The Morgan fingerprint density at radius 2 is 2.33 bits per heavy atom. The van der Waals surface area contributed by atoms with Crippen molar-refractivity contribution in [1.82, 2.24) is 5.32 Å². The molecular formula is C14H19NO3. The van der Waals surface area contributed by atoms with E-state index in [1.807, 2.05) is 31.2 Å². The molecule has 98 valence electrons. The normalized spacial score (nSPS) is 19.6. The maximum Gasteiger partial charge on any atom is 0.227 e. The summed E-state index contributed by atoms with van der Waals surface area (Å²) in [6.07, 6.45) is 1.43. The zero-order valence-corrected chi connectivity index (χ0v) is 10.6. The summed E-state index contributed by atoms with van der Waals surface area (Å²) in [7, 11) is 0. The first kappa shape index (κ1) is 12.9. The lowest BCUT2D eigenvalue weighted by Crippen LogP contribution is -2.43. The second-order valence-corrected chi connectivity index (χ2v) is 4.62. The number of benzene rings is 1. The van der Waals surface area contributed by atoms with Gasteiger partial charge in [0.05, 0.1) is 18.6 Å². The molecule has 0 saturated heterocycles. The van der Waals surface area contributed by atoms with Crippen molar-refractivity contribution in [3.8, 4) is 5.75 Å². The molecule has 0 spiro atoms. The Kier molecular flexibility index (Phi) is 4.20. The number of aliphatic hydroxyl groups is 1. The number of hydrogen-bond acceptors (Lipinski definition) is 3. The van der Waals surface area contributed by atoms with Gasteiger partial charge in [-0.3, -0.25) is 4.79 Å². The molecule has 1 aromatic rings. The number of ether oxygens (including phenoxy) is 1. The van der Waals surface area contributed by atoms with Gasteiger partial charge in [0.25, 0.3) is 0 Å². The van der Waals surface area contributed by atoms with Crippen LogP contribution in [0.2, 0.25) is 0 Å². The molecule has 0 bridgehead atoms. The van der Waals surface area contributed by atoms with Gasteiger partial charge in [-0.1, -0.05) is 25.1 Å². The van der Waals surface area contributed by atoms with Crippen LogP contribution in [-0.4, -0.2) is 30.3 Å². The number of nitrogens with one attached hydrogen (secondary N) is 1. The zero-order valence-electron chi connectivity index (χ0n) is 10.6. The summed E-state index contributed by atoms with van der Waals surface area (Å²) >= 11 is 0. The highest BCUT2D eigenvalue weighted by atomic mass is 16.5. The molecule has 0 aromatic heterocycles. The van der Waals surface area contributed by atoms with Crippen LogP contribution >= 0.6 is 0 Å². The Hall–Kier alpha value is -1.55. The van der Waals surface area contributed by atoms with Gasteiger partial charge in [0.15, 0.2) is 0 Å². The van der Waals surface area contributed by atoms with Crippen molar-refractivity contribution in [2.75, 3.05) is 13.2 Å². The fourth-order valence-corrected chi connectivity index (χ4v) is 2.09. The summed E-state index contributed by atoms with van der Waals surface area (Å²) in [6, 6.07) is 7.63. The SMILES string of the molecule is CCC(CO)NC(=O)C1COc2ccccc2C1. The van der Waals surface area contributed by atoms with E-state index in [0.29, 0.717) is 13.0 Å². The number of aliphatic hydroxyl groups excluding tert-OH is 1. The first-order chi connectivity index (χ1) is 8.74. The third kappa shape index (κ3) is 2.82. The molecule has 4 heteroatoms. The van der Waals surface area contributed by atoms with Crippen LogP contribution in [-0.2, 0) is 11.2 Å². The van der Waals surface area contributed by atoms with E-state index < -0.39 is 0 Å². The van der Waals surface area contributed by atoms with Crippen molar-refractivity contribution in [2.24, 2.45) is 5.92 Å². The molecule has 1 heterocycles. The molecule has 1 aliphatic heterocycles. The van der Waals surface area contributed by atoms with Crippen LogP contribution in [0.3, 0.4) is 0 Å². The van der Waals surface area contributed by atoms with Crippen molar-refractivity contribution in [2.45, 2.75) is 25.8 Å². The van der Waals surface area contributed by atoms with Gasteiger partial charge in [-0.2, -0.15) is 0 Å². The topological polar surface area (TPSA) is 58.6 Å². The average Bonchev–Trinajstić information content (AvgIpc) is 2.44. The first-order valence-corrected chi connectivity index (χ1v) is 6.36. The lowest BCUT2D eigenvalue weighted by molar-refractivity contribution is -0.127. The van der Waals surface area contributed by atoms with Gasteiger partial charge in [-0.25, -0.2) is 0 Å². The number of hydrogen-bond donors (Lipinski definition) is 2. The highest BCUT2D eigenvalue weighted by Crippen LogP contribution is 2.26. The van der Waals surface area contributed by atoms with Gasteiger partial charge in [-0.05, 0) is 24.5 Å². The van der Waals surface area contributed by atoms with Gasteiger partial charge < -0.3 is 15.2 Å². The highest BCUT2D eigenvalue weighted by Gasteiger charge is 2.26. The smallest absolute Gasteiger partial charge is 0.227 e. The minimum atomic E-state index is -0.166. The second kappa shape index (κ2) is 5.87. The summed E-state index contributed by atoms with van der Waals surface area (Å²) in [5.41, 5.74) is 1.07. The van der Waals surface area contributed by atoms with Crippen LogP contribution in [0.1, 0.15) is 18.9 Å². The van der Waals surface area contributed by atoms with E-state index in [-0.39, 0.29) is 24.5 Å². The third-order valence-corrected chi connectivity index (χ3v) is 3.31. The summed E-state index contributed by atoms with van der Waals surface area (Å²) in [6.45, 7) is 2.32. The molecule has 2 N–H and O–H groups in total. The van der Waals surface area contributed by atoms with Gasteiger partial charge in [0.1, 0.15) is 12.4 Å². The van der Waals surface area contributed by atoms with Crippen LogP contribution in [0.25, 0.3) is 0 Å². The maximum atomic E-state index is 12.0. The lowest BCUT2D eigenvalue weighted by Gasteiger charge is -2.26. The Morgan fingerprint density at radius 1 is 1.56 bits per heavy atom. The maximum absolute atomic E-state index is 12.0. The summed E-state index contributed by atoms with van der Waals surface area (Å²) in [4.78, 5) is 12.0. The standard InChI is InChI=1S/C14H19NO3/c1-2-12(8-16)15-14(17)11-7-10-5-3-4-6-13(10)18-9-11/h3-6,11-12,16H,2,7-9H2,1H3,(H,15,17). The third-order valence-electron chi connectivity index (χ3n) is 3.31. The molecule has 1 aliphatic rings. The van der Waals surface area contributed by atoms with Crippen LogP contribution in [0.15, 0.2) is 24.3 Å². The monoisotopic (exact) mass is 249 g/mol. The van der Waals surface area contributed by atoms with E-state index in [1.165, 1.54) is 0 Å². The predicted molar refractivity (Wildman–Crippen MR) is 68.4 cm³/mol. The largest absolute Gasteiger partial charge is 0.492 e. The molecule has 0 saturated carbocycles. The molecule has 0 aliphatic carbocycles. The van der Waals surface area contributed by atoms with Crippen molar-refractivity contribution in [1.29, 1.82) is 0 Å². The molecule has 2 atom stereocenters. The van der Waals surface area contributed by atoms with Crippen molar-refractivity contribution < 1.29 is 14.6 Å². The molecule has 18 heavy (non-hydrogen) atoms. The number of carbonyl (C=O) groups excluding carboxylic acids is 1. The highest BCUT2D eigenvalue weighted by molar-refractivity contribution is 5.79. The Balaban J connectivity index is 1.98. The number of rotatable bonds is 4. The quantitative estimate of drug-likeness (QED) is 0.841. The zero-order chi connectivity index (χ0) is 13.0. The Morgan fingerprint density at radius 3 is 3.06 bits per heavy atom. The van der Waals surface area contributed by atoms with Crippen LogP contribution in [0.4, 0.5) is 0 Å². The molecule has 4 nitrogen and oxygen atoms in total. The van der Waals surface area contributed by atoms with E-state index in [4.69, 9.17) is 9.84 Å². The van der Waals surface area contributed by atoms with Gasteiger partial charge in [0.2, 0.25) is 5.91 Å². The molecule has 1 amide bonds. The van der Waals surface area contributed by atoms with Gasteiger partial charge in [0, 0.05) is 0 Å². The van der Waals surface area contributed by atoms with E-state index >= 15 is 0 Å². The molecule has 1 aromatic carbocycles.